The molecule has 1 heterocycles. The Bertz CT molecular complexity index is 507. The van der Waals surface area contributed by atoms with Gasteiger partial charge in [-0.2, -0.15) is 0 Å². The van der Waals surface area contributed by atoms with Crippen molar-refractivity contribution in [2.24, 2.45) is 0 Å². The van der Waals surface area contributed by atoms with Crippen LogP contribution >= 0.6 is 0 Å². The molecule has 6 heteroatoms. The fraction of sp³-hybridized carbons (Fsp3) is 0.500. The van der Waals surface area contributed by atoms with E-state index in [9.17, 15) is 9.59 Å². The maximum absolute atomic E-state index is 12.0. The summed E-state index contributed by atoms with van der Waals surface area (Å²) in [5.41, 5.74) is 0.373. The van der Waals surface area contributed by atoms with E-state index in [4.69, 9.17) is 5.11 Å². The van der Waals surface area contributed by atoms with Crippen molar-refractivity contribution >= 4 is 11.9 Å². The highest BCUT2D eigenvalue weighted by Gasteiger charge is 2.39. The van der Waals surface area contributed by atoms with Crippen molar-refractivity contribution < 1.29 is 14.7 Å². The van der Waals surface area contributed by atoms with E-state index in [-0.39, 0.29) is 17.1 Å². The van der Waals surface area contributed by atoms with Gasteiger partial charge in [-0.3, -0.25) is 4.79 Å². The smallest absolute Gasteiger partial charge is 0.354 e. The monoisotopic (exact) mass is 277 g/mol. The molecule has 108 valence electrons. The van der Waals surface area contributed by atoms with Crippen molar-refractivity contribution in [2.45, 2.75) is 24.8 Å². The van der Waals surface area contributed by atoms with Crippen LogP contribution in [0.2, 0.25) is 0 Å². The molecule has 1 aliphatic carbocycles. The molecular weight excluding hydrogens is 258 g/mol. The van der Waals surface area contributed by atoms with Crippen LogP contribution in [-0.4, -0.2) is 53.0 Å². The largest absolute Gasteiger partial charge is 0.477 e. The lowest BCUT2D eigenvalue weighted by molar-refractivity contribution is 0.0557. The van der Waals surface area contributed by atoms with Crippen molar-refractivity contribution in [3.8, 4) is 0 Å². The summed E-state index contributed by atoms with van der Waals surface area (Å²) in [5, 5.41) is 11.7. The van der Waals surface area contributed by atoms with Crippen molar-refractivity contribution in [3.05, 3.63) is 29.6 Å². The molecule has 0 atom stereocenters. The highest BCUT2D eigenvalue weighted by atomic mass is 16.4. The van der Waals surface area contributed by atoms with Crippen LogP contribution in [-0.2, 0) is 0 Å². The van der Waals surface area contributed by atoms with Gasteiger partial charge in [-0.15, -0.1) is 0 Å². The van der Waals surface area contributed by atoms with E-state index in [1.807, 2.05) is 14.1 Å². The lowest BCUT2D eigenvalue weighted by Gasteiger charge is -2.47. The first-order valence-electron chi connectivity index (χ1n) is 6.60. The second-order valence-electron chi connectivity index (χ2n) is 5.39. The van der Waals surface area contributed by atoms with E-state index in [2.05, 4.69) is 15.2 Å². The number of carboxylic acid groups (broad SMARTS) is 1. The van der Waals surface area contributed by atoms with Crippen LogP contribution in [0.1, 0.15) is 40.1 Å². The number of carbonyl (C=O) groups excluding carboxylic acids is 1. The number of aromatic carboxylic acids is 1. The molecule has 6 nitrogen and oxygen atoms in total. The van der Waals surface area contributed by atoms with Crippen LogP contribution < -0.4 is 5.32 Å². The molecule has 1 aromatic rings. The van der Waals surface area contributed by atoms with Crippen LogP contribution in [0.3, 0.4) is 0 Å². The summed E-state index contributed by atoms with van der Waals surface area (Å²) >= 11 is 0. The molecule has 1 saturated carbocycles. The van der Waals surface area contributed by atoms with Gasteiger partial charge in [-0.1, -0.05) is 0 Å². The molecule has 2 rings (SSSR count). The Labute approximate surface area is 117 Å². The molecule has 1 aliphatic rings. The van der Waals surface area contributed by atoms with Gasteiger partial charge in [0.15, 0.2) is 0 Å². The summed E-state index contributed by atoms with van der Waals surface area (Å²) in [6.07, 6.45) is 4.64. The van der Waals surface area contributed by atoms with Gasteiger partial charge >= 0.3 is 5.97 Å². The summed E-state index contributed by atoms with van der Waals surface area (Å²) in [7, 11) is 4.04. The van der Waals surface area contributed by atoms with Crippen molar-refractivity contribution in [1.82, 2.24) is 15.2 Å². The third-order valence-corrected chi connectivity index (χ3v) is 4.06. The van der Waals surface area contributed by atoms with E-state index in [0.717, 1.165) is 12.8 Å². The Morgan fingerprint density at radius 3 is 2.50 bits per heavy atom. The Kier molecular flexibility index (Phi) is 4.04. The molecule has 0 aromatic carbocycles. The van der Waals surface area contributed by atoms with E-state index in [1.165, 1.54) is 24.8 Å². The quantitative estimate of drug-likeness (QED) is 0.839. The number of rotatable bonds is 5. The number of hydrogen-bond donors (Lipinski definition) is 2. The number of carbonyl (C=O) groups is 2. The van der Waals surface area contributed by atoms with Gasteiger partial charge in [0.05, 0.1) is 5.56 Å². The normalized spacial score (nSPS) is 16.6. The molecule has 0 spiro atoms. The fourth-order valence-electron chi connectivity index (χ4n) is 2.37. The minimum absolute atomic E-state index is 0.0596. The molecule has 0 aliphatic heterocycles. The van der Waals surface area contributed by atoms with Gasteiger partial charge in [0.1, 0.15) is 5.69 Å². The Hall–Kier alpha value is -1.95. The third-order valence-electron chi connectivity index (χ3n) is 4.06. The number of amides is 1. The number of nitrogens with zero attached hydrogens (tertiary/aromatic N) is 2. The molecule has 1 amide bonds. The number of pyridine rings is 1. The average molecular weight is 277 g/mol. The molecule has 20 heavy (non-hydrogen) atoms. The zero-order valence-electron chi connectivity index (χ0n) is 11.7. The average Bonchev–Trinajstić information content (AvgIpc) is 2.36. The van der Waals surface area contributed by atoms with Gasteiger partial charge in [-0.05, 0) is 45.5 Å². The summed E-state index contributed by atoms with van der Waals surface area (Å²) < 4.78 is 0. The predicted molar refractivity (Wildman–Crippen MR) is 73.8 cm³/mol. The minimum atomic E-state index is -1.10. The maximum Gasteiger partial charge on any atom is 0.354 e. The number of carboxylic acids is 1. The molecular formula is C14H19N3O3. The summed E-state index contributed by atoms with van der Waals surface area (Å²) in [5.74, 6) is -1.32. The number of nitrogens with one attached hydrogen (secondary N) is 1. The van der Waals surface area contributed by atoms with Crippen molar-refractivity contribution in [1.29, 1.82) is 0 Å². The Balaban J connectivity index is 1.96. The number of hydrogen-bond acceptors (Lipinski definition) is 4. The zero-order valence-corrected chi connectivity index (χ0v) is 11.7. The Morgan fingerprint density at radius 2 is 2.10 bits per heavy atom. The van der Waals surface area contributed by atoms with E-state index in [0.29, 0.717) is 12.1 Å². The SMILES string of the molecule is CN(C)C1(CNC(=O)c2ccc(C(=O)O)nc2)CCC1. The number of aromatic nitrogens is 1. The molecule has 0 unspecified atom stereocenters. The van der Waals surface area contributed by atoms with E-state index in [1.54, 1.807) is 0 Å². The summed E-state index contributed by atoms with van der Waals surface area (Å²) in [6, 6.07) is 2.82. The van der Waals surface area contributed by atoms with Crippen LogP contribution in [0.5, 0.6) is 0 Å². The fourth-order valence-corrected chi connectivity index (χ4v) is 2.37. The summed E-state index contributed by atoms with van der Waals surface area (Å²) in [6.45, 7) is 0.597. The molecule has 0 bridgehead atoms. The zero-order chi connectivity index (χ0) is 14.8. The highest BCUT2D eigenvalue weighted by molar-refractivity contribution is 5.94. The van der Waals surface area contributed by atoms with Crippen molar-refractivity contribution in [2.75, 3.05) is 20.6 Å². The van der Waals surface area contributed by atoms with Gasteiger partial charge in [0, 0.05) is 18.3 Å². The lowest BCUT2D eigenvalue weighted by Crippen LogP contribution is -2.57. The van der Waals surface area contributed by atoms with Crippen LogP contribution in [0.4, 0.5) is 0 Å². The topological polar surface area (TPSA) is 82.5 Å². The highest BCUT2D eigenvalue weighted by Crippen LogP contribution is 2.35. The molecule has 0 radical (unpaired) electrons. The van der Waals surface area contributed by atoms with Gasteiger partial charge in [0.25, 0.3) is 5.91 Å². The number of likely N-dealkylation sites (N-methyl/N-ethyl adjacent to an activating group) is 1. The van der Waals surface area contributed by atoms with Gasteiger partial charge in [0.2, 0.25) is 0 Å². The molecule has 2 N–H and O–H groups in total. The van der Waals surface area contributed by atoms with E-state index >= 15 is 0 Å². The van der Waals surface area contributed by atoms with Crippen LogP contribution in [0.15, 0.2) is 18.3 Å². The predicted octanol–water partition coefficient (Wildman–Crippen LogP) is 0.994. The van der Waals surface area contributed by atoms with Crippen LogP contribution in [0, 0.1) is 0 Å². The first-order chi connectivity index (χ1) is 9.44. The first kappa shape index (κ1) is 14.5. The van der Waals surface area contributed by atoms with Crippen molar-refractivity contribution in [3.63, 3.8) is 0 Å². The van der Waals surface area contributed by atoms with Crippen LogP contribution in [0.25, 0.3) is 0 Å². The summed E-state index contributed by atoms with van der Waals surface area (Å²) in [4.78, 5) is 28.6. The third kappa shape index (κ3) is 2.80. The molecule has 1 aromatic heterocycles. The second-order valence-corrected chi connectivity index (χ2v) is 5.39. The second kappa shape index (κ2) is 5.58. The standard InChI is InChI=1S/C14H19N3O3/c1-17(2)14(6-3-7-14)9-16-12(18)10-4-5-11(13(19)20)15-8-10/h4-5,8H,3,6-7,9H2,1-2H3,(H,16,18)(H,19,20). The lowest BCUT2D eigenvalue weighted by atomic mass is 9.75. The molecule has 0 saturated heterocycles. The maximum atomic E-state index is 12.0. The van der Waals surface area contributed by atoms with Gasteiger partial charge < -0.3 is 15.3 Å². The molecule has 1 fully saturated rings. The van der Waals surface area contributed by atoms with Gasteiger partial charge in [-0.25, -0.2) is 9.78 Å². The minimum Gasteiger partial charge on any atom is -0.477 e. The van der Waals surface area contributed by atoms with E-state index < -0.39 is 5.97 Å². The first-order valence-corrected chi connectivity index (χ1v) is 6.60. The Morgan fingerprint density at radius 1 is 1.40 bits per heavy atom.